The van der Waals surface area contributed by atoms with Gasteiger partial charge >= 0.3 is 0 Å². The highest BCUT2D eigenvalue weighted by atomic mass is 16.3. The summed E-state index contributed by atoms with van der Waals surface area (Å²) in [5, 5.41) is 16.6. The van der Waals surface area contributed by atoms with Gasteiger partial charge in [0.1, 0.15) is 5.82 Å². The van der Waals surface area contributed by atoms with Gasteiger partial charge in [0.2, 0.25) is 5.95 Å². The maximum absolute atomic E-state index is 9.62. The van der Waals surface area contributed by atoms with Crippen molar-refractivity contribution in [3.05, 3.63) is 18.3 Å². The number of hydrogen-bond donors (Lipinski definition) is 4. The van der Waals surface area contributed by atoms with E-state index in [-0.39, 0.29) is 6.10 Å². The standard InChI is InChI=1S/C18H29N5O/c1-12(19)16-11-20-18(22-14-7-9-15(24)10-8-14)23-17(16)21-13-5-3-2-4-6-13/h11,13-15,24H,1-10,19H2,(H2,20,21,22,23)/t14-,15-. The molecule has 3 rings (SSSR count). The van der Waals surface area contributed by atoms with Crippen molar-refractivity contribution in [1.29, 1.82) is 0 Å². The fourth-order valence-corrected chi connectivity index (χ4v) is 3.64. The summed E-state index contributed by atoms with van der Waals surface area (Å²) in [4.78, 5) is 9.07. The SMILES string of the molecule is C=C(N)c1cnc(N[C@H]2CC[C@H](O)CC2)nc1NC1CCCCC1. The van der Waals surface area contributed by atoms with Crippen LogP contribution in [-0.2, 0) is 0 Å². The molecule has 6 heteroatoms. The summed E-state index contributed by atoms with van der Waals surface area (Å²) in [6.45, 7) is 3.84. The third-order valence-electron chi connectivity index (χ3n) is 5.11. The lowest BCUT2D eigenvalue weighted by Crippen LogP contribution is -2.29. The van der Waals surface area contributed by atoms with Crippen molar-refractivity contribution in [2.45, 2.75) is 76.0 Å². The molecule has 2 aliphatic carbocycles. The lowest BCUT2D eigenvalue weighted by Gasteiger charge is -2.27. The molecular formula is C18H29N5O. The summed E-state index contributed by atoms with van der Waals surface area (Å²) in [7, 11) is 0. The van der Waals surface area contributed by atoms with Gasteiger partial charge in [0, 0.05) is 24.0 Å². The second kappa shape index (κ2) is 7.83. The number of nitrogens with zero attached hydrogens (tertiary/aromatic N) is 2. The normalized spacial score (nSPS) is 25.2. The second-order valence-corrected chi connectivity index (χ2v) is 7.11. The molecule has 24 heavy (non-hydrogen) atoms. The first-order valence-corrected chi connectivity index (χ1v) is 9.14. The van der Waals surface area contributed by atoms with Crippen LogP contribution in [0.5, 0.6) is 0 Å². The number of aliphatic hydroxyl groups excluding tert-OH is 1. The number of aliphatic hydroxyl groups is 1. The quantitative estimate of drug-likeness (QED) is 0.662. The van der Waals surface area contributed by atoms with E-state index < -0.39 is 0 Å². The van der Waals surface area contributed by atoms with E-state index in [4.69, 9.17) is 5.73 Å². The summed E-state index contributed by atoms with van der Waals surface area (Å²) in [6.07, 6.45) is 11.3. The number of aromatic nitrogens is 2. The van der Waals surface area contributed by atoms with E-state index >= 15 is 0 Å². The Bertz CT molecular complexity index is 563. The van der Waals surface area contributed by atoms with Gasteiger partial charge in [0.05, 0.1) is 11.7 Å². The monoisotopic (exact) mass is 331 g/mol. The second-order valence-electron chi connectivity index (χ2n) is 7.11. The topological polar surface area (TPSA) is 96.1 Å². The van der Waals surface area contributed by atoms with E-state index in [1.165, 1.54) is 32.1 Å². The Kier molecular flexibility index (Phi) is 5.56. The maximum atomic E-state index is 9.62. The molecule has 0 unspecified atom stereocenters. The molecule has 0 spiro atoms. The largest absolute Gasteiger partial charge is 0.399 e. The summed E-state index contributed by atoms with van der Waals surface area (Å²) < 4.78 is 0. The Labute approximate surface area is 144 Å². The highest BCUT2D eigenvalue weighted by molar-refractivity contribution is 5.70. The van der Waals surface area contributed by atoms with Crippen LogP contribution in [-0.4, -0.2) is 33.3 Å². The molecule has 5 N–H and O–H groups in total. The van der Waals surface area contributed by atoms with Gasteiger partial charge in [-0.3, -0.25) is 0 Å². The summed E-state index contributed by atoms with van der Waals surface area (Å²) in [5.74, 6) is 1.41. The minimum absolute atomic E-state index is 0.157. The van der Waals surface area contributed by atoms with Gasteiger partial charge < -0.3 is 21.5 Å². The van der Waals surface area contributed by atoms with Gasteiger partial charge in [-0.1, -0.05) is 25.8 Å². The van der Waals surface area contributed by atoms with Crippen molar-refractivity contribution in [1.82, 2.24) is 9.97 Å². The molecule has 2 aliphatic rings. The van der Waals surface area contributed by atoms with Gasteiger partial charge in [-0.2, -0.15) is 4.98 Å². The molecule has 1 heterocycles. The fourth-order valence-electron chi connectivity index (χ4n) is 3.64. The van der Waals surface area contributed by atoms with Crippen molar-refractivity contribution in [2.24, 2.45) is 5.73 Å². The van der Waals surface area contributed by atoms with Crippen LogP contribution in [0.1, 0.15) is 63.4 Å². The predicted octanol–water partition coefficient (Wildman–Crippen LogP) is 2.87. The zero-order valence-electron chi connectivity index (χ0n) is 14.3. The predicted molar refractivity (Wildman–Crippen MR) is 97.6 cm³/mol. The van der Waals surface area contributed by atoms with Crippen LogP contribution in [0.4, 0.5) is 11.8 Å². The summed E-state index contributed by atoms with van der Waals surface area (Å²) in [6, 6.07) is 0.771. The zero-order valence-corrected chi connectivity index (χ0v) is 14.3. The molecule has 0 aliphatic heterocycles. The Hall–Kier alpha value is -1.82. The molecule has 1 aromatic heterocycles. The van der Waals surface area contributed by atoms with Crippen LogP contribution in [0.2, 0.25) is 0 Å². The number of rotatable bonds is 5. The van der Waals surface area contributed by atoms with Crippen LogP contribution < -0.4 is 16.4 Å². The molecule has 2 saturated carbocycles. The molecule has 0 amide bonds. The lowest BCUT2D eigenvalue weighted by molar-refractivity contribution is 0.126. The minimum atomic E-state index is -0.157. The van der Waals surface area contributed by atoms with Crippen LogP contribution in [0.15, 0.2) is 12.8 Å². The molecule has 0 saturated heterocycles. The highest BCUT2D eigenvalue weighted by Gasteiger charge is 2.21. The molecule has 0 atom stereocenters. The van der Waals surface area contributed by atoms with E-state index in [0.717, 1.165) is 37.1 Å². The molecule has 0 aromatic carbocycles. The first kappa shape index (κ1) is 17.0. The van der Waals surface area contributed by atoms with Gasteiger partial charge in [-0.05, 0) is 38.5 Å². The number of nitrogens with one attached hydrogen (secondary N) is 2. The summed E-state index contributed by atoms with van der Waals surface area (Å²) >= 11 is 0. The van der Waals surface area contributed by atoms with Crippen molar-refractivity contribution in [3.8, 4) is 0 Å². The fraction of sp³-hybridized carbons (Fsp3) is 0.667. The van der Waals surface area contributed by atoms with Crippen molar-refractivity contribution in [2.75, 3.05) is 10.6 Å². The van der Waals surface area contributed by atoms with Gasteiger partial charge in [0.15, 0.2) is 0 Å². The van der Waals surface area contributed by atoms with Crippen LogP contribution >= 0.6 is 0 Å². The Morgan fingerprint density at radius 1 is 1.04 bits per heavy atom. The van der Waals surface area contributed by atoms with Crippen molar-refractivity contribution < 1.29 is 5.11 Å². The first-order chi connectivity index (χ1) is 11.6. The smallest absolute Gasteiger partial charge is 0.224 e. The summed E-state index contributed by atoms with van der Waals surface area (Å²) in [5.41, 5.74) is 7.18. The molecular weight excluding hydrogens is 302 g/mol. The van der Waals surface area contributed by atoms with Crippen LogP contribution in [0.25, 0.3) is 5.70 Å². The number of nitrogens with two attached hydrogens (primary N) is 1. The van der Waals surface area contributed by atoms with E-state index in [9.17, 15) is 5.11 Å². The maximum Gasteiger partial charge on any atom is 0.224 e. The average Bonchev–Trinajstić information content (AvgIpc) is 2.58. The number of anilines is 2. The van der Waals surface area contributed by atoms with E-state index in [2.05, 4.69) is 27.2 Å². The molecule has 1 aromatic rings. The Morgan fingerprint density at radius 2 is 1.71 bits per heavy atom. The van der Waals surface area contributed by atoms with Crippen molar-refractivity contribution in [3.63, 3.8) is 0 Å². The molecule has 0 radical (unpaired) electrons. The molecule has 2 fully saturated rings. The highest BCUT2D eigenvalue weighted by Crippen LogP contribution is 2.26. The van der Waals surface area contributed by atoms with Crippen LogP contribution in [0, 0.1) is 0 Å². The van der Waals surface area contributed by atoms with Crippen molar-refractivity contribution >= 4 is 17.5 Å². The number of hydrogen-bond acceptors (Lipinski definition) is 6. The molecule has 132 valence electrons. The Morgan fingerprint density at radius 3 is 2.38 bits per heavy atom. The zero-order chi connectivity index (χ0) is 16.9. The van der Waals surface area contributed by atoms with Gasteiger partial charge in [-0.15, -0.1) is 0 Å². The van der Waals surface area contributed by atoms with Crippen LogP contribution in [0.3, 0.4) is 0 Å². The van der Waals surface area contributed by atoms with Gasteiger partial charge in [-0.25, -0.2) is 4.98 Å². The third kappa shape index (κ3) is 4.38. The average molecular weight is 331 g/mol. The molecule has 6 nitrogen and oxygen atoms in total. The van der Waals surface area contributed by atoms with Gasteiger partial charge in [0.25, 0.3) is 0 Å². The lowest BCUT2D eigenvalue weighted by atomic mass is 9.93. The van der Waals surface area contributed by atoms with E-state index in [0.29, 0.717) is 23.7 Å². The van der Waals surface area contributed by atoms with E-state index in [1.807, 2.05) is 0 Å². The Balaban J connectivity index is 1.71. The first-order valence-electron chi connectivity index (χ1n) is 9.14. The molecule has 0 bridgehead atoms. The third-order valence-corrected chi connectivity index (χ3v) is 5.11. The minimum Gasteiger partial charge on any atom is -0.399 e. The van der Waals surface area contributed by atoms with E-state index in [1.54, 1.807) is 6.20 Å².